The van der Waals surface area contributed by atoms with Gasteiger partial charge in [-0.05, 0) is 36.1 Å². The van der Waals surface area contributed by atoms with Crippen LogP contribution in [-0.4, -0.2) is 21.3 Å². The van der Waals surface area contributed by atoms with Gasteiger partial charge in [-0.2, -0.15) is 0 Å². The van der Waals surface area contributed by atoms with Gasteiger partial charge in [-0.3, -0.25) is 4.79 Å². The van der Waals surface area contributed by atoms with Crippen molar-refractivity contribution >= 4 is 18.4 Å². The Balaban J connectivity index is 2.22. The maximum absolute atomic E-state index is 12.9. The lowest BCUT2D eigenvalue weighted by molar-refractivity contribution is 0.111. The molecule has 2 aromatic rings. The fourth-order valence-corrected chi connectivity index (χ4v) is 1.88. The van der Waals surface area contributed by atoms with Crippen LogP contribution in [0.25, 0.3) is 12.2 Å². The van der Waals surface area contributed by atoms with E-state index in [1.54, 1.807) is 22.9 Å². The van der Waals surface area contributed by atoms with Crippen molar-refractivity contribution in [2.45, 2.75) is 26.8 Å². The maximum atomic E-state index is 12.9. The van der Waals surface area contributed by atoms with Crippen LogP contribution >= 0.6 is 0 Å². The van der Waals surface area contributed by atoms with Crippen LogP contribution in [0.2, 0.25) is 0 Å². The van der Waals surface area contributed by atoms with Crippen molar-refractivity contribution in [1.29, 1.82) is 0 Å². The van der Waals surface area contributed by atoms with Gasteiger partial charge in [-0.15, -0.1) is 5.10 Å². The zero-order chi connectivity index (χ0) is 15.2. The molecule has 5 heteroatoms. The Kier molecular flexibility index (Phi) is 4.98. The second-order valence-electron chi connectivity index (χ2n) is 5.27. The number of carbonyl (C=O) groups is 1. The van der Waals surface area contributed by atoms with Gasteiger partial charge in [0.1, 0.15) is 5.82 Å². The molecular weight excluding hydrogens is 269 g/mol. The zero-order valence-electron chi connectivity index (χ0n) is 12.2. The van der Waals surface area contributed by atoms with Crippen LogP contribution in [0.3, 0.4) is 0 Å². The van der Waals surface area contributed by atoms with Crippen molar-refractivity contribution in [2.24, 2.45) is 5.92 Å². The lowest BCUT2D eigenvalue weighted by Crippen LogP contribution is -2.05. The molecule has 110 valence electrons. The average molecular weight is 287 g/mol. The Morgan fingerprint density at radius 3 is 2.57 bits per heavy atom. The number of aldehydes is 1. The lowest BCUT2D eigenvalue weighted by atomic mass is 10.1. The van der Waals surface area contributed by atoms with Gasteiger partial charge in [0.05, 0.1) is 5.69 Å². The first-order valence-corrected chi connectivity index (χ1v) is 6.92. The summed E-state index contributed by atoms with van der Waals surface area (Å²) in [6.45, 7) is 4.97. The second-order valence-corrected chi connectivity index (χ2v) is 5.27. The molecule has 2 rings (SSSR count). The number of hydrogen-bond acceptors (Lipinski definition) is 3. The molecule has 1 heterocycles. The van der Waals surface area contributed by atoms with E-state index < -0.39 is 0 Å². The highest BCUT2D eigenvalue weighted by Gasteiger charge is 2.09. The van der Waals surface area contributed by atoms with Crippen molar-refractivity contribution in [2.75, 3.05) is 0 Å². The minimum absolute atomic E-state index is 0.274. The van der Waals surface area contributed by atoms with Crippen molar-refractivity contribution in [3.63, 3.8) is 0 Å². The molecular formula is C16H18FN3O. The van der Waals surface area contributed by atoms with Crippen molar-refractivity contribution in [3.8, 4) is 0 Å². The molecule has 0 aliphatic rings. The Morgan fingerprint density at radius 1 is 1.24 bits per heavy atom. The summed E-state index contributed by atoms with van der Waals surface area (Å²) in [5.41, 5.74) is 1.84. The monoisotopic (exact) mass is 287 g/mol. The quantitative estimate of drug-likeness (QED) is 0.765. The number of benzene rings is 1. The molecule has 0 radical (unpaired) electrons. The fraction of sp³-hybridized carbons (Fsp3) is 0.312. The van der Waals surface area contributed by atoms with Crippen LogP contribution in [0.5, 0.6) is 0 Å². The average Bonchev–Trinajstić information content (AvgIpc) is 2.86. The third-order valence-electron chi connectivity index (χ3n) is 3.13. The third kappa shape index (κ3) is 4.08. The smallest absolute Gasteiger partial charge is 0.172 e. The first kappa shape index (κ1) is 15.1. The predicted molar refractivity (Wildman–Crippen MR) is 80.2 cm³/mol. The minimum Gasteiger partial charge on any atom is -0.296 e. The molecule has 0 amide bonds. The highest BCUT2D eigenvalue weighted by atomic mass is 19.1. The molecule has 1 aromatic carbocycles. The summed E-state index contributed by atoms with van der Waals surface area (Å²) < 4.78 is 14.6. The Hall–Kier alpha value is -2.30. The number of aromatic nitrogens is 3. The van der Waals surface area contributed by atoms with Crippen molar-refractivity contribution in [3.05, 3.63) is 47.0 Å². The van der Waals surface area contributed by atoms with E-state index in [4.69, 9.17) is 0 Å². The van der Waals surface area contributed by atoms with E-state index in [0.717, 1.165) is 12.0 Å². The largest absolute Gasteiger partial charge is 0.296 e. The van der Waals surface area contributed by atoms with Crippen LogP contribution in [0.4, 0.5) is 4.39 Å². The number of carbonyl (C=O) groups excluding carboxylic acids is 1. The highest BCUT2D eigenvalue weighted by Crippen LogP contribution is 2.12. The summed E-state index contributed by atoms with van der Waals surface area (Å²) >= 11 is 0. The molecule has 0 spiro atoms. The topological polar surface area (TPSA) is 47.8 Å². The Labute approximate surface area is 123 Å². The molecule has 0 fully saturated rings. The number of hydrogen-bond donors (Lipinski definition) is 0. The van der Waals surface area contributed by atoms with E-state index >= 15 is 0 Å². The summed E-state index contributed by atoms with van der Waals surface area (Å²) in [6, 6.07) is 6.15. The Morgan fingerprint density at radius 2 is 1.95 bits per heavy atom. The lowest BCUT2D eigenvalue weighted by Gasteiger charge is -2.06. The molecule has 0 bridgehead atoms. The van der Waals surface area contributed by atoms with E-state index in [1.165, 1.54) is 12.1 Å². The molecule has 4 nitrogen and oxygen atoms in total. The van der Waals surface area contributed by atoms with Crippen LogP contribution in [0, 0.1) is 11.7 Å². The van der Waals surface area contributed by atoms with Gasteiger partial charge >= 0.3 is 0 Å². The SMILES string of the molecule is CC(C)CCn1nnc(C=O)c1/C=C/c1ccc(F)cc1. The van der Waals surface area contributed by atoms with E-state index in [-0.39, 0.29) is 5.82 Å². The number of rotatable bonds is 6. The number of halogens is 1. The number of aryl methyl sites for hydroxylation is 1. The first-order chi connectivity index (χ1) is 10.1. The molecule has 0 atom stereocenters. The van der Waals surface area contributed by atoms with Crippen LogP contribution in [0.1, 0.15) is 42.0 Å². The molecule has 0 N–H and O–H groups in total. The van der Waals surface area contributed by atoms with Crippen LogP contribution in [0.15, 0.2) is 24.3 Å². The van der Waals surface area contributed by atoms with Crippen LogP contribution < -0.4 is 0 Å². The molecule has 0 aliphatic heterocycles. The molecule has 21 heavy (non-hydrogen) atoms. The van der Waals surface area contributed by atoms with Gasteiger partial charge in [0.2, 0.25) is 0 Å². The Bertz CT molecular complexity index is 629. The van der Waals surface area contributed by atoms with E-state index in [1.807, 2.05) is 6.08 Å². The predicted octanol–water partition coefficient (Wildman–Crippen LogP) is 3.45. The molecule has 0 saturated heterocycles. The van der Waals surface area contributed by atoms with Crippen molar-refractivity contribution in [1.82, 2.24) is 15.0 Å². The maximum Gasteiger partial charge on any atom is 0.172 e. The summed E-state index contributed by atoms with van der Waals surface area (Å²) in [4.78, 5) is 11.0. The summed E-state index contributed by atoms with van der Waals surface area (Å²) in [5, 5.41) is 7.88. The van der Waals surface area contributed by atoms with E-state index in [0.29, 0.717) is 30.1 Å². The van der Waals surface area contributed by atoms with Crippen molar-refractivity contribution < 1.29 is 9.18 Å². The highest BCUT2D eigenvalue weighted by molar-refractivity contribution is 5.81. The number of nitrogens with zero attached hydrogens (tertiary/aromatic N) is 3. The van der Waals surface area contributed by atoms with Gasteiger partial charge < -0.3 is 0 Å². The van der Waals surface area contributed by atoms with E-state index in [9.17, 15) is 9.18 Å². The van der Waals surface area contributed by atoms with Gasteiger partial charge in [0.25, 0.3) is 0 Å². The fourth-order valence-electron chi connectivity index (χ4n) is 1.88. The first-order valence-electron chi connectivity index (χ1n) is 6.92. The van der Waals surface area contributed by atoms with Gasteiger partial charge in [-0.1, -0.05) is 37.3 Å². The zero-order valence-corrected chi connectivity index (χ0v) is 12.2. The van der Waals surface area contributed by atoms with Gasteiger partial charge in [0, 0.05) is 6.54 Å². The van der Waals surface area contributed by atoms with E-state index in [2.05, 4.69) is 24.2 Å². The normalized spacial score (nSPS) is 11.4. The van der Waals surface area contributed by atoms with Gasteiger partial charge in [-0.25, -0.2) is 9.07 Å². The second kappa shape index (κ2) is 6.92. The minimum atomic E-state index is -0.274. The molecule has 0 aliphatic carbocycles. The van der Waals surface area contributed by atoms with Gasteiger partial charge in [0.15, 0.2) is 12.0 Å². The standard InChI is InChI=1S/C16H18FN3O/c1-12(2)9-10-20-16(15(11-21)18-19-20)8-5-13-3-6-14(17)7-4-13/h3-8,11-12H,9-10H2,1-2H3/b8-5+. The summed E-state index contributed by atoms with van der Waals surface area (Å²) in [7, 11) is 0. The molecule has 0 saturated carbocycles. The summed E-state index contributed by atoms with van der Waals surface area (Å²) in [6.07, 6.45) is 5.26. The molecule has 0 unspecified atom stereocenters. The third-order valence-corrected chi connectivity index (χ3v) is 3.13. The van der Waals surface area contributed by atoms with Crippen LogP contribution in [-0.2, 0) is 6.54 Å². The summed E-state index contributed by atoms with van der Waals surface area (Å²) in [5.74, 6) is 0.271. The molecule has 1 aromatic heterocycles.